The lowest BCUT2D eigenvalue weighted by Crippen LogP contribution is -2.27. The van der Waals surface area contributed by atoms with Gasteiger partial charge in [-0.25, -0.2) is 14.6 Å². The van der Waals surface area contributed by atoms with Crippen molar-refractivity contribution < 1.29 is 22.7 Å². The van der Waals surface area contributed by atoms with Crippen molar-refractivity contribution in [3.63, 3.8) is 0 Å². The fourth-order valence-corrected chi connectivity index (χ4v) is 3.16. The number of carbonyl (C=O) groups is 1. The SMILES string of the molecule is CCOc1cc(C(=O)NC2CCn3nc(-c4ccnc(C(F)(F)F)c4)nc32)ccn1. The molecule has 1 aliphatic rings. The van der Waals surface area contributed by atoms with E-state index in [1.165, 1.54) is 12.3 Å². The van der Waals surface area contributed by atoms with Crippen molar-refractivity contribution in [1.29, 1.82) is 0 Å². The minimum absolute atomic E-state index is 0.152. The van der Waals surface area contributed by atoms with Crippen LogP contribution in [0.5, 0.6) is 5.88 Å². The van der Waals surface area contributed by atoms with Gasteiger partial charge in [-0.05, 0) is 31.5 Å². The number of alkyl halides is 3. The van der Waals surface area contributed by atoms with E-state index in [0.29, 0.717) is 36.8 Å². The number of hydrogen-bond acceptors (Lipinski definition) is 6. The number of pyridine rings is 2. The Morgan fingerprint density at radius 3 is 2.83 bits per heavy atom. The fourth-order valence-electron chi connectivity index (χ4n) is 3.16. The highest BCUT2D eigenvalue weighted by Crippen LogP contribution is 2.31. The maximum Gasteiger partial charge on any atom is 0.433 e. The molecule has 4 rings (SSSR count). The summed E-state index contributed by atoms with van der Waals surface area (Å²) in [6.07, 6.45) is -1.42. The number of nitrogens with one attached hydrogen (secondary N) is 1. The first-order valence-electron chi connectivity index (χ1n) is 9.23. The van der Waals surface area contributed by atoms with Crippen LogP contribution in [0.25, 0.3) is 11.4 Å². The molecule has 0 spiro atoms. The predicted octanol–water partition coefficient (Wildman–Crippen LogP) is 3.03. The predicted molar refractivity (Wildman–Crippen MR) is 98.5 cm³/mol. The van der Waals surface area contributed by atoms with Crippen molar-refractivity contribution in [1.82, 2.24) is 30.0 Å². The molecule has 0 aliphatic carbocycles. The molecule has 0 aromatic carbocycles. The molecule has 0 saturated heterocycles. The summed E-state index contributed by atoms with van der Waals surface area (Å²) in [4.78, 5) is 24.4. The number of fused-ring (bicyclic) bond motifs is 1. The summed E-state index contributed by atoms with van der Waals surface area (Å²) in [6, 6.07) is 5.02. The molecule has 0 saturated carbocycles. The summed E-state index contributed by atoms with van der Waals surface area (Å²) < 4.78 is 45.7. The monoisotopic (exact) mass is 418 g/mol. The van der Waals surface area contributed by atoms with E-state index in [2.05, 4.69) is 25.4 Å². The van der Waals surface area contributed by atoms with Crippen LogP contribution in [0, 0.1) is 0 Å². The number of rotatable bonds is 5. The highest BCUT2D eigenvalue weighted by molar-refractivity contribution is 5.94. The molecule has 0 fully saturated rings. The number of amides is 1. The van der Waals surface area contributed by atoms with E-state index in [1.54, 1.807) is 16.8 Å². The van der Waals surface area contributed by atoms with Gasteiger partial charge in [0.15, 0.2) is 5.82 Å². The Morgan fingerprint density at radius 1 is 1.27 bits per heavy atom. The van der Waals surface area contributed by atoms with Gasteiger partial charge in [-0.1, -0.05) is 0 Å². The molecule has 1 atom stereocenters. The molecule has 1 amide bonds. The lowest BCUT2D eigenvalue weighted by Gasteiger charge is -2.11. The largest absolute Gasteiger partial charge is 0.478 e. The molecule has 0 bridgehead atoms. The van der Waals surface area contributed by atoms with Gasteiger partial charge in [0.05, 0.1) is 12.6 Å². The summed E-state index contributed by atoms with van der Waals surface area (Å²) >= 11 is 0. The van der Waals surface area contributed by atoms with Crippen LogP contribution in [-0.2, 0) is 12.7 Å². The van der Waals surface area contributed by atoms with E-state index in [0.717, 1.165) is 12.3 Å². The first-order valence-corrected chi connectivity index (χ1v) is 9.23. The molecule has 30 heavy (non-hydrogen) atoms. The Labute approximate surface area is 169 Å². The van der Waals surface area contributed by atoms with Gasteiger partial charge >= 0.3 is 6.18 Å². The lowest BCUT2D eigenvalue weighted by molar-refractivity contribution is -0.141. The lowest BCUT2D eigenvalue weighted by atomic mass is 10.2. The van der Waals surface area contributed by atoms with Crippen molar-refractivity contribution in [2.75, 3.05) is 6.61 Å². The number of aromatic nitrogens is 5. The van der Waals surface area contributed by atoms with Gasteiger partial charge < -0.3 is 10.1 Å². The second kappa shape index (κ2) is 7.73. The molecule has 156 valence electrons. The number of ether oxygens (including phenoxy) is 1. The quantitative estimate of drug-likeness (QED) is 0.685. The topological polar surface area (TPSA) is 94.8 Å². The summed E-state index contributed by atoms with van der Waals surface area (Å²) in [5.41, 5.74) is -0.419. The van der Waals surface area contributed by atoms with Crippen LogP contribution in [0.2, 0.25) is 0 Å². The highest BCUT2D eigenvalue weighted by Gasteiger charge is 2.33. The van der Waals surface area contributed by atoms with E-state index in [9.17, 15) is 18.0 Å². The number of carbonyl (C=O) groups excluding carboxylic acids is 1. The molecule has 8 nitrogen and oxygen atoms in total. The van der Waals surface area contributed by atoms with Crippen molar-refractivity contribution in [3.05, 3.63) is 53.7 Å². The van der Waals surface area contributed by atoms with Gasteiger partial charge in [0.25, 0.3) is 5.91 Å². The Balaban J connectivity index is 1.54. The zero-order chi connectivity index (χ0) is 21.3. The minimum Gasteiger partial charge on any atom is -0.478 e. The second-order valence-corrected chi connectivity index (χ2v) is 6.57. The second-order valence-electron chi connectivity index (χ2n) is 6.57. The number of aryl methyl sites for hydroxylation is 1. The van der Waals surface area contributed by atoms with Crippen LogP contribution in [0.4, 0.5) is 13.2 Å². The summed E-state index contributed by atoms with van der Waals surface area (Å²) in [5.74, 6) is 0.659. The summed E-state index contributed by atoms with van der Waals surface area (Å²) in [6.45, 7) is 2.74. The van der Waals surface area contributed by atoms with Gasteiger partial charge in [-0.3, -0.25) is 9.78 Å². The highest BCUT2D eigenvalue weighted by atomic mass is 19.4. The van der Waals surface area contributed by atoms with Crippen LogP contribution in [0.15, 0.2) is 36.7 Å². The van der Waals surface area contributed by atoms with E-state index in [4.69, 9.17) is 4.74 Å². The molecular formula is C19H17F3N6O2. The van der Waals surface area contributed by atoms with E-state index in [-0.39, 0.29) is 17.3 Å². The molecule has 3 aromatic rings. The van der Waals surface area contributed by atoms with Crippen LogP contribution >= 0.6 is 0 Å². The zero-order valence-electron chi connectivity index (χ0n) is 15.8. The third-order valence-electron chi connectivity index (χ3n) is 4.54. The zero-order valence-corrected chi connectivity index (χ0v) is 15.8. The van der Waals surface area contributed by atoms with E-state index < -0.39 is 17.9 Å². The Bertz CT molecular complexity index is 1080. The van der Waals surface area contributed by atoms with Crippen LogP contribution in [0.3, 0.4) is 0 Å². The van der Waals surface area contributed by atoms with Crippen LogP contribution < -0.4 is 10.1 Å². The van der Waals surface area contributed by atoms with E-state index in [1.807, 2.05) is 6.92 Å². The van der Waals surface area contributed by atoms with Gasteiger partial charge in [0, 0.05) is 36.1 Å². The van der Waals surface area contributed by atoms with Crippen molar-refractivity contribution in [2.24, 2.45) is 0 Å². The first-order chi connectivity index (χ1) is 14.3. The fraction of sp³-hybridized carbons (Fsp3) is 0.316. The van der Waals surface area contributed by atoms with Gasteiger partial charge in [0.2, 0.25) is 5.88 Å². The number of halogens is 3. The molecule has 3 aromatic heterocycles. The van der Waals surface area contributed by atoms with Crippen molar-refractivity contribution in [3.8, 4) is 17.3 Å². The smallest absolute Gasteiger partial charge is 0.433 e. The van der Waals surface area contributed by atoms with Gasteiger partial charge in [0.1, 0.15) is 11.5 Å². The third-order valence-corrected chi connectivity index (χ3v) is 4.54. The van der Waals surface area contributed by atoms with Crippen LogP contribution in [0.1, 0.15) is 41.3 Å². The maximum atomic E-state index is 12.9. The molecule has 1 aliphatic heterocycles. The van der Waals surface area contributed by atoms with Crippen molar-refractivity contribution >= 4 is 5.91 Å². The molecular weight excluding hydrogens is 401 g/mol. The standard InChI is InChI=1S/C19H17F3N6O2/c1-2-30-15-10-12(4-7-24-15)18(29)25-13-5-8-28-17(13)26-16(27-28)11-3-6-23-14(9-11)19(20,21)22/h3-4,6-7,9-10,13H,2,5,8H2,1H3,(H,25,29). The van der Waals surface area contributed by atoms with Gasteiger partial charge in [-0.15, -0.1) is 0 Å². The maximum absolute atomic E-state index is 12.9. The normalized spacial score (nSPS) is 15.7. The average molecular weight is 418 g/mol. The molecule has 1 N–H and O–H groups in total. The summed E-state index contributed by atoms with van der Waals surface area (Å²) in [5, 5.41) is 7.17. The Morgan fingerprint density at radius 2 is 2.07 bits per heavy atom. The van der Waals surface area contributed by atoms with Crippen molar-refractivity contribution in [2.45, 2.75) is 32.1 Å². The van der Waals surface area contributed by atoms with E-state index >= 15 is 0 Å². The molecule has 11 heteroatoms. The van der Waals surface area contributed by atoms with Gasteiger partial charge in [-0.2, -0.15) is 18.3 Å². The third kappa shape index (κ3) is 3.95. The first kappa shape index (κ1) is 19.8. The molecule has 4 heterocycles. The Hall–Kier alpha value is -3.50. The average Bonchev–Trinajstić information content (AvgIpc) is 3.30. The number of nitrogens with zero attached hydrogens (tertiary/aromatic N) is 5. The Kier molecular flexibility index (Phi) is 5.10. The molecule has 1 unspecified atom stereocenters. The summed E-state index contributed by atoms with van der Waals surface area (Å²) in [7, 11) is 0. The minimum atomic E-state index is -4.56. The molecule has 0 radical (unpaired) electrons. The number of hydrogen-bond donors (Lipinski definition) is 1. The van der Waals surface area contributed by atoms with Crippen LogP contribution in [-0.4, -0.2) is 37.2 Å².